The zero-order valence-electron chi connectivity index (χ0n) is 16.1. The van der Waals surface area contributed by atoms with Crippen LogP contribution in [0.2, 0.25) is 0 Å². The highest BCUT2D eigenvalue weighted by Gasteiger charge is 2.23. The van der Waals surface area contributed by atoms with Crippen molar-refractivity contribution in [2.45, 2.75) is 32.4 Å². The van der Waals surface area contributed by atoms with Gasteiger partial charge in [0.1, 0.15) is 23.2 Å². The van der Waals surface area contributed by atoms with Crippen molar-refractivity contribution in [3.05, 3.63) is 65.4 Å². The fourth-order valence-electron chi connectivity index (χ4n) is 3.77. The molecule has 29 heavy (non-hydrogen) atoms. The van der Waals surface area contributed by atoms with E-state index in [0.29, 0.717) is 34.5 Å². The summed E-state index contributed by atoms with van der Waals surface area (Å²) in [6.07, 6.45) is 3.13. The van der Waals surface area contributed by atoms with Crippen LogP contribution in [0.5, 0.6) is 5.75 Å². The minimum Gasteiger partial charge on any atom is -0.490 e. The number of fused-ring (bicyclic) bond motifs is 1. The van der Waals surface area contributed by atoms with Crippen molar-refractivity contribution in [2.24, 2.45) is 0 Å². The Balaban J connectivity index is 1.43. The van der Waals surface area contributed by atoms with Crippen molar-refractivity contribution in [3.8, 4) is 5.75 Å². The van der Waals surface area contributed by atoms with E-state index in [4.69, 9.17) is 4.74 Å². The van der Waals surface area contributed by atoms with E-state index >= 15 is 0 Å². The van der Waals surface area contributed by atoms with Crippen LogP contribution >= 0.6 is 0 Å². The van der Waals surface area contributed by atoms with Crippen LogP contribution in [0.1, 0.15) is 34.6 Å². The summed E-state index contributed by atoms with van der Waals surface area (Å²) < 4.78 is 20.3. The molecule has 1 fully saturated rings. The maximum absolute atomic E-state index is 14.1. The number of aromatic nitrogens is 2. The predicted octanol–water partition coefficient (Wildman–Crippen LogP) is 3.82. The van der Waals surface area contributed by atoms with Gasteiger partial charge in [-0.05, 0) is 43.5 Å². The van der Waals surface area contributed by atoms with E-state index in [1.165, 1.54) is 12.3 Å². The van der Waals surface area contributed by atoms with Crippen molar-refractivity contribution in [2.75, 3.05) is 13.1 Å². The Bertz CT molecular complexity index is 1050. The van der Waals surface area contributed by atoms with Crippen molar-refractivity contribution in [1.82, 2.24) is 14.9 Å². The molecule has 3 heterocycles. The number of benzene rings is 1. The molecule has 1 aliphatic heterocycles. The van der Waals surface area contributed by atoms with E-state index in [1.807, 2.05) is 19.1 Å². The summed E-state index contributed by atoms with van der Waals surface area (Å²) in [5, 5.41) is 9.98. The first-order valence-electron chi connectivity index (χ1n) is 9.63. The second kappa shape index (κ2) is 8.13. The van der Waals surface area contributed by atoms with Crippen LogP contribution in [0.3, 0.4) is 0 Å². The third-order valence-electron chi connectivity index (χ3n) is 5.20. The molecule has 0 spiro atoms. The van der Waals surface area contributed by atoms with Crippen LogP contribution in [0.15, 0.2) is 42.6 Å². The molecule has 1 aliphatic rings. The summed E-state index contributed by atoms with van der Waals surface area (Å²) in [4.78, 5) is 21.8. The lowest BCUT2D eigenvalue weighted by Crippen LogP contribution is -2.38. The monoisotopic (exact) mass is 395 g/mol. The van der Waals surface area contributed by atoms with Gasteiger partial charge in [0.15, 0.2) is 5.69 Å². The molecule has 0 bridgehead atoms. The Labute approximate surface area is 168 Å². The highest BCUT2D eigenvalue weighted by atomic mass is 19.1. The summed E-state index contributed by atoms with van der Waals surface area (Å²) in [5.74, 6) is -0.701. The SMILES string of the molecule is Cc1cc(OC2CCN(Cc3cccnc3C(=O)O)CC2)c2cccc(F)c2n1. The van der Waals surface area contributed by atoms with E-state index in [-0.39, 0.29) is 17.6 Å². The molecule has 7 heteroatoms. The molecule has 2 aromatic heterocycles. The lowest BCUT2D eigenvalue weighted by atomic mass is 10.1. The maximum atomic E-state index is 14.1. The number of rotatable bonds is 5. The van der Waals surface area contributed by atoms with E-state index in [1.54, 1.807) is 18.2 Å². The highest BCUT2D eigenvalue weighted by Crippen LogP contribution is 2.29. The first kappa shape index (κ1) is 19.3. The molecule has 1 N–H and O–H groups in total. The van der Waals surface area contributed by atoms with E-state index in [0.717, 1.165) is 25.9 Å². The number of carbonyl (C=O) groups is 1. The molecule has 0 amide bonds. The molecule has 0 aliphatic carbocycles. The second-order valence-corrected chi connectivity index (χ2v) is 7.31. The van der Waals surface area contributed by atoms with Gasteiger partial charge in [-0.1, -0.05) is 12.1 Å². The maximum Gasteiger partial charge on any atom is 0.354 e. The molecular formula is C22H22FN3O3. The van der Waals surface area contributed by atoms with Crippen molar-refractivity contribution in [1.29, 1.82) is 0 Å². The molecule has 0 atom stereocenters. The number of para-hydroxylation sites is 1. The van der Waals surface area contributed by atoms with Crippen LogP contribution in [0.4, 0.5) is 4.39 Å². The lowest BCUT2D eigenvalue weighted by molar-refractivity contribution is 0.0683. The lowest BCUT2D eigenvalue weighted by Gasteiger charge is -2.32. The largest absolute Gasteiger partial charge is 0.490 e. The van der Waals surface area contributed by atoms with Crippen LogP contribution in [-0.2, 0) is 6.54 Å². The number of nitrogens with zero attached hydrogens (tertiary/aromatic N) is 3. The fourth-order valence-corrected chi connectivity index (χ4v) is 3.77. The molecule has 4 rings (SSSR count). The number of hydrogen-bond acceptors (Lipinski definition) is 5. The summed E-state index contributed by atoms with van der Waals surface area (Å²) in [7, 11) is 0. The normalized spacial score (nSPS) is 15.5. The minimum absolute atomic E-state index is 0.0207. The molecular weight excluding hydrogens is 373 g/mol. The first-order chi connectivity index (χ1) is 14.0. The number of likely N-dealkylation sites (tertiary alicyclic amines) is 1. The number of aryl methyl sites for hydroxylation is 1. The highest BCUT2D eigenvalue weighted by molar-refractivity contribution is 5.87. The van der Waals surface area contributed by atoms with Gasteiger partial charge in [0.2, 0.25) is 0 Å². The number of hydrogen-bond donors (Lipinski definition) is 1. The third-order valence-corrected chi connectivity index (χ3v) is 5.20. The molecule has 0 saturated carbocycles. The molecule has 1 aromatic carbocycles. The predicted molar refractivity (Wildman–Crippen MR) is 107 cm³/mol. The Morgan fingerprint density at radius 3 is 2.83 bits per heavy atom. The Hall–Kier alpha value is -3.06. The Kier molecular flexibility index (Phi) is 5.40. The number of pyridine rings is 2. The molecule has 1 saturated heterocycles. The minimum atomic E-state index is -1.01. The summed E-state index contributed by atoms with van der Waals surface area (Å²) in [6.45, 7) is 3.95. The number of ether oxygens (including phenoxy) is 1. The van der Waals surface area contributed by atoms with Crippen molar-refractivity contribution in [3.63, 3.8) is 0 Å². The van der Waals surface area contributed by atoms with Gasteiger partial charge in [-0.15, -0.1) is 0 Å². The molecule has 3 aromatic rings. The van der Waals surface area contributed by atoms with E-state index < -0.39 is 5.97 Å². The molecule has 150 valence electrons. The average Bonchev–Trinajstić information content (AvgIpc) is 2.70. The van der Waals surface area contributed by atoms with Crippen molar-refractivity contribution >= 4 is 16.9 Å². The van der Waals surface area contributed by atoms with E-state index in [2.05, 4.69) is 14.9 Å². The molecule has 6 nitrogen and oxygen atoms in total. The quantitative estimate of drug-likeness (QED) is 0.708. The third kappa shape index (κ3) is 4.19. The van der Waals surface area contributed by atoms with E-state index in [9.17, 15) is 14.3 Å². The zero-order chi connectivity index (χ0) is 20.4. The number of carboxylic acid groups (broad SMARTS) is 1. The summed E-state index contributed by atoms with van der Waals surface area (Å²) in [6, 6.07) is 10.3. The summed E-state index contributed by atoms with van der Waals surface area (Å²) in [5.41, 5.74) is 1.86. The van der Waals surface area contributed by atoms with Crippen molar-refractivity contribution < 1.29 is 19.0 Å². The van der Waals surface area contributed by atoms with Gasteiger partial charge in [-0.3, -0.25) is 4.90 Å². The number of halogens is 1. The number of carboxylic acids is 1. The zero-order valence-corrected chi connectivity index (χ0v) is 16.1. The summed E-state index contributed by atoms with van der Waals surface area (Å²) >= 11 is 0. The van der Waals surface area contributed by atoms with Gasteiger partial charge in [0.05, 0.1) is 0 Å². The number of aromatic carboxylic acids is 1. The first-order valence-corrected chi connectivity index (χ1v) is 9.63. The molecule has 0 unspecified atom stereocenters. The van der Waals surface area contributed by atoms with Crippen LogP contribution in [0, 0.1) is 12.7 Å². The van der Waals surface area contributed by atoms with Crippen LogP contribution < -0.4 is 4.74 Å². The smallest absolute Gasteiger partial charge is 0.354 e. The topological polar surface area (TPSA) is 75.5 Å². The Morgan fingerprint density at radius 1 is 1.28 bits per heavy atom. The number of piperidine rings is 1. The van der Waals surface area contributed by atoms with Gasteiger partial charge in [0.25, 0.3) is 0 Å². The van der Waals surface area contributed by atoms with Gasteiger partial charge in [0, 0.05) is 43.0 Å². The van der Waals surface area contributed by atoms with Crippen LogP contribution in [0.25, 0.3) is 10.9 Å². The average molecular weight is 395 g/mol. The van der Waals surface area contributed by atoms with Gasteiger partial charge < -0.3 is 9.84 Å². The van der Waals surface area contributed by atoms with Gasteiger partial charge in [-0.2, -0.15) is 0 Å². The molecule has 0 radical (unpaired) electrons. The second-order valence-electron chi connectivity index (χ2n) is 7.31. The Morgan fingerprint density at radius 2 is 2.07 bits per heavy atom. The standard InChI is InChI=1S/C22H22FN3O3/c1-14-12-19(17-5-2-6-18(23)21(17)25-14)29-16-7-10-26(11-8-16)13-15-4-3-9-24-20(15)22(27)28/h2-6,9,12,16H,7-8,10-11,13H2,1H3,(H,27,28). The van der Waals surface area contributed by atoms with Gasteiger partial charge in [-0.25, -0.2) is 19.2 Å². The van der Waals surface area contributed by atoms with Crippen LogP contribution in [-0.4, -0.2) is 45.1 Å². The fraction of sp³-hybridized carbons (Fsp3) is 0.318. The van der Waals surface area contributed by atoms with Gasteiger partial charge >= 0.3 is 5.97 Å².